The fourth-order valence-corrected chi connectivity index (χ4v) is 1.81. The highest BCUT2D eigenvalue weighted by Gasteiger charge is 2.33. The Balaban J connectivity index is 2.57. The summed E-state index contributed by atoms with van der Waals surface area (Å²) < 4.78 is 0. The molecule has 1 rings (SSSR count). The van der Waals surface area contributed by atoms with Crippen LogP contribution in [0.15, 0.2) is 0 Å². The van der Waals surface area contributed by atoms with E-state index in [1.165, 1.54) is 0 Å². The number of carbonyl (C=O) groups excluding carboxylic acids is 1. The van der Waals surface area contributed by atoms with E-state index in [-0.39, 0.29) is 11.4 Å². The number of carbonyl (C=O) groups is 1. The predicted molar refractivity (Wildman–Crippen MR) is 61.6 cm³/mol. The van der Waals surface area contributed by atoms with Crippen LogP contribution in [0.4, 0.5) is 4.79 Å². The molecule has 0 saturated carbocycles. The zero-order chi connectivity index (χ0) is 11.6. The molecule has 1 saturated heterocycles. The summed E-state index contributed by atoms with van der Waals surface area (Å²) in [7, 11) is 0. The standard InChI is InChI=1S/C11H23N3O/c1-9(2)14-6-5-13(10(14)15)8-11(3,4)7-12/h9H,5-8,12H2,1-4H3. The van der Waals surface area contributed by atoms with E-state index in [9.17, 15) is 4.79 Å². The van der Waals surface area contributed by atoms with Gasteiger partial charge in [-0.3, -0.25) is 0 Å². The molecule has 0 bridgehead atoms. The SMILES string of the molecule is CC(C)N1CCN(CC(C)(C)CN)C1=O. The Morgan fingerprint density at radius 2 is 2.00 bits per heavy atom. The first-order chi connectivity index (χ1) is 6.87. The second kappa shape index (κ2) is 4.39. The van der Waals surface area contributed by atoms with Crippen LogP contribution in [0.1, 0.15) is 27.7 Å². The Bertz CT molecular complexity index is 238. The normalized spacial score (nSPS) is 18.1. The molecule has 0 aromatic heterocycles. The summed E-state index contributed by atoms with van der Waals surface area (Å²) >= 11 is 0. The molecule has 1 aliphatic heterocycles. The molecule has 1 aliphatic rings. The van der Waals surface area contributed by atoms with Crippen molar-refractivity contribution in [2.75, 3.05) is 26.2 Å². The van der Waals surface area contributed by atoms with Gasteiger partial charge in [-0.15, -0.1) is 0 Å². The average molecular weight is 213 g/mol. The van der Waals surface area contributed by atoms with Crippen LogP contribution >= 0.6 is 0 Å². The van der Waals surface area contributed by atoms with Gasteiger partial charge in [-0.25, -0.2) is 4.79 Å². The van der Waals surface area contributed by atoms with Crippen LogP contribution < -0.4 is 5.73 Å². The lowest BCUT2D eigenvalue weighted by atomic mass is 9.93. The van der Waals surface area contributed by atoms with Gasteiger partial charge in [0.1, 0.15) is 0 Å². The van der Waals surface area contributed by atoms with Crippen molar-refractivity contribution in [2.24, 2.45) is 11.1 Å². The second-order valence-electron chi connectivity index (χ2n) is 5.36. The predicted octanol–water partition coefficient (Wildman–Crippen LogP) is 1.12. The number of amides is 2. The molecular weight excluding hydrogens is 190 g/mol. The van der Waals surface area contributed by atoms with Crippen molar-refractivity contribution in [3.05, 3.63) is 0 Å². The van der Waals surface area contributed by atoms with E-state index in [2.05, 4.69) is 27.7 Å². The smallest absolute Gasteiger partial charge is 0.320 e. The van der Waals surface area contributed by atoms with Gasteiger partial charge >= 0.3 is 6.03 Å². The number of rotatable bonds is 4. The summed E-state index contributed by atoms with van der Waals surface area (Å²) in [4.78, 5) is 15.8. The molecule has 4 heteroatoms. The molecule has 0 aliphatic carbocycles. The van der Waals surface area contributed by atoms with Gasteiger partial charge in [-0.05, 0) is 25.8 Å². The maximum absolute atomic E-state index is 12.0. The summed E-state index contributed by atoms with van der Waals surface area (Å²) in [6, 6.07) is 0.454. The molecule has 0 unspecified atom stereocenters. The van der Waals surface area contributed by atoms with Gasteiger partial charge in [0.15, 0.2) is 0 Å². The Kier molecular flexibility index (Phi) is 3.60. The highest BCUT2D eigenvalue weighted by molar-refractivity contribution is 5.76. The summed E-state index contributed by atoms with van der Waals surface area (Å²) in [6.07, 6.45) is 0. The zero-order valence-electron chi connectivity index (χ0n) is 10.3. The van der Waals surface area contributed by atoms with Gasteiger partial charge in [0.2, 0.25) is 0 Å². The Morgan fingerprint density at radius 3 is 2.40 bits per heavy atom. The van der Waals surface area contributed by atoms with Crippen molar-refractivity contribution in [2.45, 2.75) is 33.7 Å². The highest BCUT2D eigenvalue weighted by atomic mass is 16.2. The van der Waals surface area contributed by atoms with E-state index in [0.29, 0.717) is 12.6 Å². The van der Waals surface area contributed by atoms with E-state index < -0.39 is 0 Å². The van der Waals surface area contributed by atoms with E-state index in [1.807, 2.05) is 9.80 Å². The molecule has 0 aromatic carbocycles. The third-order valence-corrected chi connectivity index (χ3v) is 2.92. The molecule has 0 radical (unpaired) electrons. The van der Waals surface area contributed by atoms with Crippen LogP contribution in [0, 0.1) is 5.41 Å². The molecule has 2 N–H and O–H groups in total. The largest absolute Gasteiger partial charge is 0.330 e. The molecule has 2 amide bonds. The number of nitrogens with zero attached hydrogens (tertiary/aromatic N) is 2. The van der Waals surface area contributed by atoms with Crippen molar-refractivity contribution >= 4 is 6.03 Å². The first-order valence-corrected chi connectivity index (χ1v) is 5.63. The van der Waals surface area contributed by atoms with Crippen molar-refractivity contribution < 1.29 is 4.79 Å². The van der Waals surface area contributed by atoms with E-state index >= 15 is 0 Å². The number of hydrogen-bond acceptors (Lipinski definition) is 2. The topological polar surface area (TPSA) is 49.6 Å². The maximum atomic E-state index is 12.0. The van der Waals surface area contributed by atoms with Gasteiger partial charge in [0.25, 0.3) is 0 Å². The van der Waals surface area contributed by atoms with Crippen molar-refractivity contribution in [1.82, 2.24) is 9.80 Å². The fraction of sp³-hybridized carbons (Fsp3) is 0.909. The molecule has 1 fully saturated rings. The van der Waals surface area contributed by atoms with Crippen molar-refractivity contribution in [3.63, 3.8) is 0 Å². The highest BCUT2D eigenvalue weighted by Crippen LogP contribution is 2.20. The third-order valence-electron chi connectivity index (χ3n) is 2.92. The van der Waals surface area contributed by atoms with Crippen LogP contribution in [0.25, 0.3) is 0 Å². The summed E-state index contributed by atoms with van der Waals surface area (Å²) in [6.45, 7) is 11.3. The summed E-state index contributed by atoms with van der Waals surface area (Å²) in [5.74, 6) is 0. The quantitative estimate of drug-likeness (QED) is 0.760. The Hall–Kier alpha value is -0.770. The molecule has 88 valence electrons. The maximum Gasteiger partial charge on any atom is 0.320 e. The first-order valence-electron chi connectivity index (χ1n) is 5.63. The van der Waals surface area contributed by atoms with Crippen LogP contribution in [0.2, 0.25) is 0 Å². The molecular formula is C11H23N3O. The Labute approximate surface area is 92.4 Å². The molecule has 4 nitrogen and oxygen atoms in total. The fourth-order valence-electron chi connectivity index (χ4n) is 1.81. The lowest BCUT2D eigenvalue weighted by Crippen LogP contribution is -2.42. The van der Waals surface area contributed by atoms with Gasteiger partial charge in [-0.2, -0.15) is 0 Å². The minimum Gasteiger partial charge on any atom is -0.330 e. The Morgan fingerprint density at radius 1 is 1.40 bits per heavy atom. The average Bonchev–Trinajstić information content (AvgIpc) is 2.48. The lowest BCUT2D eigenvalue weighted by molar-refractivity contribution is 0.167. The van der Waals surface area contributed by atoms with Crippen LogP contribution in [-0.2, 0) is 0 Å². The van der Waals surface area contributed by atoms with Crippen molar-refractivity contribution in [1.29, 1.82) is 0 Å². The summed E-state index contributed by atoms with van der Waals surface area (Å²) in [5, 5.41) is 0. The van der Waals surface area contributed by atoms with E-state index in [1.54, 1.807) is 0 Å². The first kappa shape index (κ1) is 12.3. The van der Waals surface area contributed by atoms with E-state index in [0.717, 1.165) is 19.6 Å². The van der Waals surface area contributed by atoms with Gasteiger partial charge in [-0.1, -0.05) is 13.8 Å². The second-order valence-corrected chi connectivity index (χ2v) is 5.36. The summed E-state index contributed by atoms with van der Waals surface area (Å²) in [5.41, 5.74) is 5.69. The van der Waals surface area contributed by atoms with Crippen LogP contribution in [0.3, 0.4) is 0 Å². The van der Waals surface area contributed by atoms with Crippen LogP contribution in [0.5, 0.6) is 0 Å². The van der Waals surface area contributed by atoms with Crippen molar-refractivity contribution in [3.8, 4) is 0 Å². The van der Waals surface area contributed by atoms with Gasteiger partial charge in [0.05, 0.1) is 0 Å². The molecule has 0 aromatic rings. The molecule has 1 heterocycles. The van der Waals surface area contributed by atoms with Crippen LogP contribution in [-0.4, -0.2) is 48.1 Å². The lowest BCUT2D eigenvalue weighted by Gasteiger charge is -2.29. The molecule has 0 spiro atoms. The third kappa shape index (κ3) is 2.84. The minimum atomic E-state index is 0.0165. The molecule has 15 heavy (non-hydrogen) atoms. The monoisotopic (exact) mass is 213 g/mol. The molecule has 0 atom stereocenters. The number of nitrogens with two attached hydrogens (primary N) is 1. The number of hydrogen-bond donors (Lipinski definition) is 1. The zero-order valence-corrected chi connectivity index (χ0v) is 10.3. The van der Waals surface area contributed by atoms with Gasteiger partial charge < -0.3 is 15.5 Å². The van der Waals surface area contributed by atoms with Gasteiger partial charge in [0, 0.05) is 25.7 Å². The minimum absolute atomic E-state index is 0.0165. The van der Waals surface area contributed by atoms with E-state index in [4.69, 9.17) is 5.73 Å². The number of urea groups is 1.